The molecule has 3 aromatic rings. The van der Waals surface area contributed by atoms with E-state index in [2.05, 4.69) is 25.8 Å². The number of ether oxygens (including phenoxy) is 1. The monoisotopic (exact) mass is 324 g/mol. The summed E-state index contributed by atoms with van der Waals surface area (Å²) in [5.41, 5.74) is 0.255. The van der Waals surface area contributed by atoms with Gasteiger partial charge in [-0.25, -0.2) is 4.68 Å². The molecule has 2 aromatic heterocycles. The van der Waals surface area contributed by atoms with E-state index in [4.69, 9.17) is 4.74 Å². The Hall–Kier alpha value is -3.29. The number of carbonyl (C=O) groups is 1. The number of nitrogens with one attached hydrogen (secondary N) is 1. The SMILES string of the molecule is CC(NC(=O)c1cc(Oc2ccccc2)ccn1)c1nnnn1C. The molecule has 0 bridgehead atoms. The third kappa shape index (κ3) is 3.54. The van der Waals surface area contributed by atoms with Gasteiger partial charge in [-0.2, -0.15) is 0 Å². The molecule has 0 aliphatic rings. The first-order valence-corrected chi connectivity index (χ1v) is 7.35. The van der Waals surface area contributed by atoms with Crippen molar-refractivity contribution >= 4 is 5.91 Å². The zero-order valence-corrected chi connectivity index (χ0v) is 13.2. The molecular formula is C16H16N6O2. The van der Waals surface area contributed by atoms with Crippen LogP contribution < -0.4 is 10.1 Å². The van der Waals surface area contributed by atoms with Gasteiger partial charge in [-0.1, -0.05) is 18.2 Å². The van der Waals surface area contributed by atoms with E-state index in [1.165, 1.54) is 10.9 Å². The molecule has 1 N–H and O–H groups in total. The van der Waals surface area contributed by atoms with Gasteiger partial charge in [-0.15, -0.1) is 5.10 Å². The fraction of sp³-hybridized carbons (Fsp3) is 0.188. The van der Waals surface area contributed by atoms with Gasteiger partial charge in [0.1, 0.15) is 17.2 Å². The van der Waals surface area contributed by atoms with Gasteiger partial charge in [0.25, 0.3) is 5.91 Å². The highest BCUT2D eigenvalue weighted by molar-refractivity contribution is 5.92. The van der Waals surface area contributed by atoms with Crippen molar-refractivity contribution in [2.75, 3.05) is 0 Å². The van der Waals surface area contributed by atoms with Crippen LogP contribution in [-0.2, 0) is 7.05 Å². The van der Waals surface area contributed by atoms with Crippen LogP contribution in [0.1, 0.15) is 29.3 Å². The van der Waals surface area contributed by atoms with E-state index in [9.17, 15) is 4.79 Å². The molecule has 8 nitrogen and oxygen atoms in total. The first-order valence-electron chi connectivity index (χ1n) is 7.35. The predicted octanol–water partition coefficient (Wildman–Crippen LogP) is 1.89. The molecule has 2 heterocycles. The third-order valence-corrected chi connectivity index (χ3v) is 3.33. The summed E-state index contributed by atoms with van der Waals surface area (Å²) in [6.45, 7) is 1.80. The minimum Gasteiger partial charge on any atom is -0.457 e. The molecule has 0 radical (unpaired) electrons. The number of aromatic nitrogens is 5. The lowest BCUT2D eigenvalue weighted by molar-refractivity contribution is 0.0932. The Morgan fingerprint density at radius 1 is 1.21 bits per heavy atom. The summed E-state index contributed by atoms with van der Waals surface area (Å²) in [7, 11) is 1.71. The average molecular weight is 324 g/mol. The van der Waals surface area contributed by atoms with Crippen molar-refractivity contribution in [3.63, 3.8) is 0 Å². The summed E-state index contributed by atoms with van der Waals surface area (Å²) in [4.78, 5) is 16.4. The van der Waals surface area contributed by atoms with E-state index in [0.29, 0.717) is 17.3 Å². The van der Waals surface area contributed by atoms with Crippen molar-refractivity contribution in [2.24, 2.45) is 7.05 Å². The fourth-order valence-corrected chi connectivity index (χ4v) is 2.16. The molecule has 24 heavy (non-hydrogen) atoms. The van der Waals surface area contributed by atoms with Crippen LogP contribution in [0.3, 0.4) is 0 Å². The summed E-state index contributed by atoms with van der Waals surface area (Å²) >= 11 is 0. The van der Waals surface area contributed by atoms with Crippen LogP contribution in [0.4, 0.5) is 0 Å². The summed E-state index contributed by atoms with van der Waals surface area (Å²) in [5.74, 6) is 1.45. The molecule has 8 heteroatoms. The van der Waals surface area contributed by atoms with E-state index in [1.54, 1.807) is 26.1 Å². The average Bonchev–Trinajstić information content (AvgIpc) is 3.02. The Bertz CT molecular complexity index is 833. The van der Waals surface area contributed by atoms with Crippen molar-refractivity contribution < 1.29 is 9.53 Å². The van der Waals surface area contributed by atoms with Gasteiger partial charge >= 0.3 is 0 Å². The number of tetrazole rings is 1. The molecule has 1 aromatic carbocycles. The van der Waals surface area contributed by atoms with E-state index in [-0.39, 0.29) is 17.6 Å². The van der Waals surface area contributed by atoms with Crippen molar-refractivity contribution in [3.8, 4) is 11.5 Å². The Balaban J connectivity index is 1.71. The number of nitrogens with zero attached hydrogens (tertiary/aromatic N) is 5. The maximum Gasteiger partial charge on any atom is 0.270 e. The fourth-order valence-electron chi connectivity index (χ4n) is 2.16. The molecular weight excluding hydrogens is 308 g/mol. The number of benzene rings is 1. The number of aryl methyl sites for hydroxylation is 1. The van der Waals surface area contributed by atoms with Crippen molar-refractivity contribution in [3.05, 3.63) is 60.2 Å². The Labute approximate surface area is 138 Å². The molecule has 0 saturated carbocycles. The number of rotatable bonds is 5. The first kappa shape index (κ1) is 15.6. The topological polar surface area (TPSA) is 94.8 Å². The number of hydrogen-bond donors (Lipinski definition) is 1. The lowest BCUT2D eigenvalue weighted by Gasteiger charge is -2.12. The standard InChI is InChI=1S/C16H16N6O2/c1-11(15-19-20-21-22(15)2)18-16(23)14-10-13(8-9-17-14)24-12-6-4-3-5-7-12/h3-11H,1-2H3,(H,18,23). The predicted molar refractivity (Wildman–Crippen MR) is 85.4 cm³/mol. The Kier molecular flexibility index (Phi) is 4.46. The number of amides is 1. The van der Waals surface area contributed by atoms with Gasteiger partial charge in [-0.05, 0) is 35.5 Å². The molecule has 0 fully saturated rings. The molecule has 0 spiro atoms. The zero-order chi connectivity index (χ0) is 16.9. The molecule has 1 unspecified atom stereocenters. The van der Waals surface area contributed by atoms with Crippen molar-refractivity contribution in [1.82, 2.24) is 30.5 Å². The minimum atomic E-state index is -0.349. The highest BCUT2D eigenvalue weighted by Crippen LogP contribution is 2.21. The van der Waals surface area contributed by atoms with Crippen LogP contribution in [0, 0.1) is 0 Å². The van der Waals surface area contributed by atoms with Crippen LogP contribution in [0.2, 0.25) is 0 Å². The number of pyridine rings is 1. The van der Waals surface area contributed by atoms with Crippen molar-refractivity contribution in [2.45, 2.75) is 13.0 Å². The van der Waals surface area contributed by atoms with Crippen LogP contribution in [0.5, 0.6) is 11.5 Å². The highest BCUT2D eigenvalue weighted by Gasteiger charge is 2.17. The van der Waals surface area contributed by atoms with Crippen LogP contribution in [0.15, 0.2) is 48.7 Å². The molecule has 0 aliphatic carbocycles. The molecule has 0 saturated heterocycles. The number of hydrogen-bond acceptors (Lipinski definition) is 6. The maximum atomic E-state index is 12.4. The minimum absolute atomic E-state index is 0.255. The second kappa shape index (κ2) is 6.86. The zero-order valence-electron chi connectivity index (χ0n) is 13.2. The molecule has 3 rings (SSSR count). The lowest BCUT2D eigenvalue weighted by Crippen LogP contribution is -2.29. The van der Waals surface area contributed by atoms with Crippen LogP contribution >= 0.6 is 0 Å². The smallest absolute Gasteiger partial charge is 0.270 e. The molecule has 1 amide bonds. The first-order chi connectivity index (χ1) is 11.6. The van der Waals surface area contributed by atoms with Gasteiger partial charge in [0, 0.05) is 19.3 Å². The van der Waals surface area contributed by atoms with E-state index < -0.39 is 0 Å². The highest BCUT2D eigenvalue weighted by atomic mass is 16.5. The van der Waals surface area contributed by atoms with Gasteiger partial charge in [0.15, 0.2) is 5.82 Å². The van der Waals surface area contributed by atoms with Crippen LogP contribution in [-0.4, -0.2) is 31.1 Å². The normalized spacial score (nSPS) is 11.8. The molecule has 122 valence electrons. The second-order valence-electron chi connectivity index (χ2n) is 5.15. The van der Waals surface area contributed by atoms with Gasteiger partial charge in [0.05, 0.1) is 6.04 Å². The van der Waals surface area contributed by atoms with Crippen molar-refractivity contribution in [1.29, 1.82) is 0 Å². The molecule has 0 aliphatic heterocycles. The third-order valence-electron chi connectivity index (χ3n) is 3.33. The maximum absolute atomic E-state index is 12.4. The summed E-state index contributed by atoms with van der Waals surface area (Å²) < 4.78 is 7.22. The van der Waals surface area contributed by atoms with Crippen LogP contribution in [0.25, 0.3) is 0 Å². The van der Waals surface area contributed by atoms with E-state index in [1.807, 2.05) is 30.3 Å². The summed E-state index contributed by atoms with van der Waals surface area (Å²) in [6.07, 6.45) is 1.53. The quantitative estimate of drug-likeness (QED) is 0.770. The van der Waals surface area contributed by atoms with E-state index in [0.717, 1.165) is 0 Å². The number of carbonyl (C=O) groups excluding carboxylic acids is 1. The lowest BCUT2D eigenvalue weighted by atomic mass is 10.2. The van der Waals surface area contributed by atoms with Gasteiger partial charge < -0.3 is 10.1 Å². The second-order valence-corrected chi connectivity index (χ2v) is 5.15. The number of para-hydroxylation sites is 1. The Morgan fingerprint density at radius 2 is 2.00 bits per heavy atom. The van der Waals surface area contributed by atoms with Gasteiger partial charge in [-0.3, -0.25) is 9.78 Å². The van der Waals surface area contributed by atoms with E-state index >= 15 is 0 Å². The summed E-state index contributed by atoms with van der Waals surface area (Å²) in [5, 5.41) is 14.0. The van der Waals surface area contributed by atoms with Gasteiger partial charge in [0.2, 0.25) is 0 Å². The largest absolute Gasteiger partial charge is 0.457 e. The molecule has 1 atom stereocenters. The summed E-state index contributed by atoms with van der Waals surface area (Å²) in [6, 6.07) is 12.3. The Morgan fingerprint density at radius 3 is 2.71 bits per heavy atom.